The molecule has 0 saturated carbocycles. The lowest BCUT2D eigenvalue weighted by Crippen LogP contribution is -2.15. The highest BCUT2D eigenvalue weighted by Crippen LogP contribution is 2.29. The molecule has 0 fully saturated rings. The normalized spacial score (nSPS) is 14.5. The summed E-state index contributed by atoms with van der Waals surface area (Å²) in [5.74, 6) is 0.798. The molecule has 16 heavy (non-hydrogen) atoms. The zero-order valence-corrected chi connectivity index (χ0v) is 10.1. The molecule has 0 spiro atoms. The molecule has 0 saturated heterocycles. The molecule has 1 N–H and O–H groups in total. The fourth-order valence-corrected chi connectivity index (χ4v) is 1.67. The summed E-state index contributed by atoms with van der Waals surface area (Å²) in [5, 5.41) is 10.2. The van der Waals surface area contributed by atoms with Crippen LogP contribution in [0.2, 0.25) is 0 Å². The Labute approximate surface area is 97.0 Å². The lowest BCUT2D eigenvalue weighted by atomic mass is 9.97. The zero-order chi connectivity index (χ0) is 12.0. The first-order valence-electron chi connectivity index (χ1n) is 5.59. The van der Waals surface area contributed by atoms with Crippen LogP contribution in [0, 0.1) is 5.92 Å². The lowest BCUT2D eigenvalue weighted by molar-refractivity contribution is 0.0548. The molecular formula is C13H20O3. The minimum absolute atomic E-state index is 0.0478. The third-order valence-electron chi connectivity index (χ3n) is 2.51. The van der Waals surface area contributed by atoms with E-state index in [0.29, 0.717) is 13.2 Å². The van der Waals surface area contributed by atoms with Crippen molar-refractivity contribution >= 4 is 0 Å². The fraction of sp³-hybridized carbons (Fsp3) is 0.538. The summed E-state index contributed by atoms with van der Waals surface area (Å²) in [6.45, 7) is 5.02. The molecule has 3 heteroatoms. The van der Waals surface area contributed by atoms with Gasteiger partial charge in [-0.3, -0.25) is 0 Å². The Morgan fingerprint density at radius 1 is 1.31 bits per heavy atom. The van der Waals surface area contributed by atoms with Crippen LogP contribution in [0.4, 0.5) is 0 Å². The number of ether oxygens (including phenoxy) is 2. The Hall–Kier alpha value is -1.06. The molecule has 1 aromatic carbocycles. The molecule has 3 nitrogen and oxygen atoms in total. The van der Waals surface area contributed by atoms with Crippen LogP contribution >= 0.6 is 0 Å². The largest absolute Gasteiger partial charge is 0.493 e. The van der Waals surface area contributed by atoms with E-state index in [9.17, 15) is 5.11 Å². The Morgan fingerprint density at radius 2 is 2.00 bits per heavy atom. The van der Waals surface area contributed by atoms with Crippen LogP contribution in [0.25, 0.3) is 0 Å². The molecule has 0 bridgehead atoms. The van der Waals surface area contributed by atoms with Gasteiger partial charge in [0.1, 0.15) is 5.75 Å². The first-order chi connectivity index (χ1) is 7.70. The second-order valence-corrected chi connectivity index (χ2v) is 3.85. The van der Waals surface area contributed by atoms with Gasteiger partial charge in [-0.2, -0.15) is 0 Å². The Kier molecular flexibility index (Phi) is 5.29. The number of hydrogen-bond donors (Lipinski definition) is 1. The average molecular weight is 224 g/mol. The Balaban J connectivity index is 2.84. The van der Waals surface area contributed by atoms with Crippen LogP contribution in [0.1, 0.15) is 25.5 Å². The molecule has 0 aliphatic rings. The molecule has 1 aromatic rings. The predicted molar refractivity (Wildman–Crippen MR) is 63.6 cm³/mol. The van der Waals surface area contributed by atoms with Gasteiger partial charge in [0, 0.05) is 18.6 Å². The van der Waals surface area contributed by atoms with Gasteiger partial charge >= 0.3 is 0 Å². The lowest BCUT2D eigenvalue weighted by Gasteiger charge is -2.20. The van der Waals surface area contributed by atoms with Gasteiger partial charge in [0.25, 0.3) is 0 Å². The first-order valence-corrected chi connectivity index (χ1v) is 5.59. The molecule has 1 rings (SSSR count). The second kappa shape index (κ2) is 6.51. The van der Waals surface area contributed by atoms with Crippen LogP contribution in [0.3, 0.4) is 0 Å². The van der Waals surface area contributed by atoms with Crippen LogP contribution in [0.15, 0.2) is 24.3 Å². The van der Waals surface area contributed by atoms with Crippen LogP contribution in [0.5, 0.6) is 5.75 Å². The van der Waals surface area contributed by atoms with Gasteiger partial charge in [-0.05, 0) is 13.0 Å². The van der Waals surface area contributed by atoms with Crippen LogP contribution < -0.4 is 4.74 Å². The maximum Gasteiger partial charge on any atom is 0.125 e. The fourth-order valence-electron chi connectivity index (χ4n) is 1.67. The van der Waals surface area contributed by atoms with Crippen molar-refractivity contribution in [2.24, 2.45) is 5.92 Å². The van der Waals surface area contributed by atoms with Crippen molar-refractivity contribution in [2.45, 2.75) is 20.0 Å². The van der Waals surface area contributed by atoms with Gasteiger partial charge in [0.2, 0.25) is 0 Å². The van der Waals surface area contributed by atoms with Crippen molar-refractivity contribution in [3.05, 3.63) is 29.8 Å². The highest BCUT2D eigenvalue weighted by atomic mass is 16.5. The van der Waals surface area contributed by atoms with Gasteiger partial charge in [-0.15, -0.1) is 0 Å². The van der Waals surface area contributed by atoms with E-state index in [1.54, 1.807) is 7.11 Å². The van der Waals surface area contributed by atoms with Crippen molar-refractivity contribution in [3.8, 4) is 5.75 Å². The molecule has 90 valence electrons. The zero-order valence-electron chi connectivity index (χ0n) is 10.1. The molecule has 2 unspecified atom stereocenters. The van der Waals surface area contributed by atoms with Gasteiger partial charge in [-0.1, -0.05) is 25.1 Å². The van der Waals surface area contributed by atoms with Gasteiger partial charge in [-0.25, -0.2) is 0 Å². The minimum Gasteiger partial charge on any atom is -0.493 e. The topological polar surface area (TPSA) is 38.7 Å². The van der Waals surface area contributed by atoms with Crippen LogP contribution in [-0.4, -0.2) is 25.4 Å². The number of aliphatic hydroxyl groups is 1. The van der Waals surface area contributed by atoms with E-state index in [0.717, 1.165) is 11.3 Å². The number of para-hydroxylation sites is 1. The summed E-state index contributed by atoms with van der Waals surface area (Å²) in [5.41, 5.74) is 0.828. The molecular weight excluding hydrogens is 204 g/mol. The van der Waals surface area contributed by atoms with Crippen LogP contribution in [-0.2, 0) is 4.74 Å². The third-order valence-corrected chi connectivity index (χ3v) is 2.51. The third kappa shape index (κ3) is 3.22. The molecule has 0 aromatic heterocycles. The van der Waals surface area contributed by atoms with E-state index < -0.39 is 6.10 Å². The molecule has 0 heterocycles. The summed E-state index contributed by atoms with van der Waals surface area (Å²) in [6.07, 6.45) is -0.553. The summed E-state index contributed by atoms with van der Waals surface area (Å²) < 4.78 is 10.5. The minimum atomic E-state index is -0.553. The van der Waals surface area contributed by atoms with Gasteiger partial charge in [0.15, 0.2) is 0 Å². The number of rotatable bonds is 6. The molecule has 2 atom stereocenters. The summed E-state index contributed by atoms with van der Waals surface area (Å²) in [7, 11) is 1.64. The first kappa shape index (κ1) is 13.0. The standard InChI is InChI=1S/C13H20O3/c1-4-16-12-8-6-5-7-11(12)13(14)10(2)9-15-3/h5-8,10,13-14H,4,9H2,1-3H3. The summed E-state index contributed by atoms with van der Waals surface area (Å²) in [4.78, 5) is 0. The Bertz CT molecular complexity index is 312. The van der Waals surface area contributed by atoms with Crippen molar-refractivity contribution < 1.29 is 14.6 Å². The average Bonchev–Trinajstić information content (AvgIpc) is 2.29. The number of benzene rings is 1. The second-order valence-electron chi connectivity index (χ2n) is 3.85. The number of hydrogen-bond acceptors (Lipinski definition) is 3. The quantitative estimate of drug-likeness (QED) is 0.806. The smallest absolute Gasteiger partial charge is 0.125 e. The van der Waals surface area contributed by atoms with E-state index in [-0.39, 0.29) is 5.92 Å². The predicted octanol–water partition coefficient (Wildman–Crippen LogP) is 2.40. The summed E-state index contributed by atoms with van der Waals surface area (Å²) >= 11 is 0. The highest BCUT2D eigenvalue weighted by molar-refractivity contribution is 5.35. The van der Waals surface area contributed by atoms with Crippen molar-refractivity contribution in [2.75, 3.05) is 20.3 Å². The molecule has 0 radical (unpaired) electrons. The van der Waals surface area contributed by atoms with Crippen molar-refractivity contribution in [1.82, 2.24) is 0 Å². The van der Waals surface area contributed by atoms with E-state index in [1.807, 2.05) is 38.1 Å². The van der Waals surface area contributed by atoms with Gasteiger partial charge < -0.3 is 14.6 Å². The van der Waals surface area contributed by atoms with E-state index in [1.165, 1.54) is 0 Å². The van der Waals surface area contributed by atoms with E-state index >= 15 is 0 Å². The monoisotopic (exact) mass is 224 g/mol. The van der Waals surface area contributed by atoms with Crippen molar-refractivity contribution in [3.63, 3.8) is 0 Å². The van der Waals surface area contributed by atoms with E-state index in [2.05, 4.69) is 0 Å². The summed E-state index contributed by atoms with van der Waals surface area (Å²) in [6, 6.07) is 7.58. The highest BCUT2D eigenvalue weighted by Gasteiger charge is 2.19. The number of methoxy groups -OCH3 is 1. The molecule has 0 aliphatic heterocycles. The molecule has 0 aliphatic carbocycles. The SMILES string of the molecule is CCOc1ccccc1C(O)C(C)COC. The maximum absolute atomic E-state index is 10.2. The Morgan fingerprint density at radius 3 is 2.62 bits per heavy atom. The van der Waals surface area contributed by atoms with E-state index in [4.69, 9.17) is 9.47 Å². The molecule has 0 amide bonds. The number of aliphatic hydroxyl groups excluding tert-OH is 1. The van der Waals surface area contributed by atoms with Gasteiger partial charge in [0.05, 0.1) is 19.3 Å². The van der Waals surface area contributed by atoms with Crippen molar-refractivity contribution in [1.29, 1.82) is 0 Å². The maximum atomic E-state index is 10.2.